The molecule has 7 aliphatic rings. The van der Waals surface area contributed by atoms with Crippen molar-refractivity contribution in [2.24, 2.45) is 11.3 Å². The fourth-order valence-electron chi connectivity index (χ4n) is 11.7. The number of hydrogen-bond acceptors (Lipinski definition) is 9. The van der Waals surface area contributed by atoms with Gasteiger partial charge in [-0.15, -0.1) is 0 Å². The predicted molar refractivity (Wildman–Crippen MR) is 223 cm³/mol. The largest absolute Gasteiger partial charge is 0.508 e. The van der Waals surface area contributed by atoms with Crippen LogP contribution in [0.15, 0.2) is 84.9 Å². The van der Waals surface area contributed by atoms with Crippen molar-refractivity contribution < 1.29 is 29.0 Å². The number of amides is 3. The topological polar surface area (TPSA) is 115 Å². The van der Waals surface area contributed by atoms with Crippen LogP contribution in [0.2, 0.25) is 0 Å². The van der Waals surface area contributed by atoms with Gasteiger partial charge in [0.1, 0.15) is 29.9 Å². The molecule has 304 valence electrons. The summed E-state index contributed by atoms with van der Waals surface area (Å²) < 4.78 is 12.5. The molecule has 3 saturated heterocycles. The number of ether oxygens (including phenoxy) is 2. The van der Waals surface area contributed by atoms with Crippen molar-refractivity contribution in [2.75, 3.05) is 62.3 Å². The second-order valence-corrected chi connectivity index (χ2v) is 18.2. The van der Waals surface area contributed by atoms with E-state index in [9.17, 15) is 19.5 Å². The minimum absolute atomic E-state index is 0.143. The van der Waals surface area contributed by atoms with E-state index < -0.39 is 6.04 Å². The van der Waals surface area contributed by atoms with Gasteiger partial charge in [-0.05, 0) is 90.5 Å². The number of fused-ring (bicyclic) bond motifs is 5. The SMILES string of the molecule is O=C1CCC(N2Cc3cc4c(cc3C2=O)OC[C@@H]2CN(CC3CC5(CCN(c6ccc(C7c8ccc(O)cc8OCC7c7ccccc7)cc6)CC5)C3)CCN42)C(=O)N1. The number of nitrogens with one attached hydrogen (secondary N) is 1. The molecule has 11 rings (SSSR count). The first-order valence-corrected chi connectivity index (χ1v) is 21.6. The van der Waals surface area contributed by atoms with Crippen molar-refractivity contribution in [3.63, 3.8) is 0 Å². The maximum atomic E-state index is 13.4. The van der Waals surface area contributed by atoms with Gasteiger partial charge in [0.25, 0.3) is 5.91 Å². The lowest BCUT2D eigenvalue weighted by atomic mass is 9.57. The second kappa shape index (κ2) is 14.3. The van der Waals surface area contributed by atoms with Crippen LogP contribution in [0.1, 0.15) is 83.0 Å². The van der Waals surface area contributed by atoms with E-state index in [0.717, 1.165) is 73.5 Å². The van der Waals surface area contributed by atoms with E-state index in [4.69, 9.17) is 9.47 Å². The molecule has 1 spiro atoms. The van der Waals surface area contributed by atoms with Crippen LogP contribution in [0, 0.1) is 11.3 Å². The van der Waals surface area contributed by atoms with Crippen molar-refractivity contribution in [3.8, 4) is 17.2 Å². The van der Waals surface area contributed by atoms with Crippen LogP contribution in [0.5, 0.6) is 17.2 Å². The number of imide groups is 1. The quantitative estimate of drug-likeness (QED) is 0.226. The lowest BCUT2D eigenvalue weighted by molar-refractivity contribution is -0.136. The Labute approximate surface area is 344 Å². The molecular formula is C48H51N5O6. The Morgan fingerprint density at radius 3 is 2.39 bits per heavy atom. The van der Waals surface area contributed by atoms with Gasteiger partial charge in [0.2, 0.25) is 11.8 Å². The van der Waals surface area contributed by atoms with E-state index in [1.165, 1.54) is 42.5 Å². The fraction of sp³-hybridized carbons (Fsp3) is 0.438. The lowest BCUT2D eigenvalue weighted by Crippen LogP contribution is -2.59. The van der Waals surface area contributed by atoms with Crippen molar-refractivity contribution in [1.82, 2.24) is 15.1 Å². The van der Waals surface area contributed by atoms with Gasteiger partial charge in [0.05, 0.1) is 18.3 Å². The summed E-state index contributed by atoms with van der Waals surface area (Å²) in [5.41, 5.74) is 8.00. The molecule has 4 aromatic carbocycles. The summed E-state index contributed by atoms with van der Waals surface area (Å²) >= 11 is 0. The highest BCUT2D eigenvalue weighted by Crippen LogP contribution is 2.54. The number of phenols is 1. The number of phenolic OH excluding ortho intramolecular Hbond substituents is 1. The van der Waals surface area contributed by atoms with Gasteiger partial charge >= 0.3 is 0 Å². The number of piperidine rings is 2. The van der Waals surface area contributed by atoms with E-state index in [1.54, 1.807) is 17.0 Å². The van der Waals surface area contributed by atoms with Crippen molar-refractivity contribution in [3.05, 3.63) is 113 Å². The summed E-state index contributed by atoms with van der Waals surface area (Å²) in [7, 11) is 0. The zero-order valence-electron chi connectivity index (χ0n) is 33.4. The maximum Gasteiger partial charge on any atom is 0.255 e. The number of anilines is 2. The number of benzene rings is 4. The molecule has 2 N–H and O–H groups in total. The predicted octanol–water partition coefficient (Wildman–Crippen LogP) is 6.04. The molecule has 59 heavy (non-hydrogen) atoms. The van der Waals surface area contributed by atoms with Crippen LogP contribution in [-0.4, -0.2) is 97.2 Å². The molecule has 1 aliphatic carbocycles. The first-order chi connectivity index (χ1) is 28.8. The standard InChI is InChI=1S/C48H51N5O6/c54-36-10-11-37-42(21-36)59-29-39(31-4-2-1-3-5-31)45(37)32-6-8-34(9-7-32)51-16-14-48(15-17-51)23-30(24-48)25-50-18-19-52-35(27-50)28-58-43-22-38-33(20-41(43)52)26-53(47(38)57)40-12-13-44(55)49-46(40)56/h1-11,20-22,30,35,39-40,45,54H,12-19,23-29H2,(H,49,55,56)/t35-,39?,40?,45?/m0/s1. The monoisotopic (exact) mass is 793 g/mol. The molecule has 6 aliphatic heterocycles. The Bertz CT molecular complexity index is 2300. The van der Waals surface area contributed by atoms with Gasteiger partial charge in [0.15, 0.2) is 0 Å². The van der Waals surface area contributed by atoms with Crippen molar-refractivity contribution in [2.45, 2.75) is 69.0 Å². The molecule has 0 radical (unpaired) electrons. The van der Waals surface area contributed by atoms with Crippen LogP contribution in [-0.2, 0) is 16.1 Å². The highest BCUT2D eigenvalue weighted by Gasteiger charge is 2.47. The van der Waals surface area contributed by atoms with E-state index >= 15 is 0 Å². The molecule has 11 nitrogen and oxygen atoms in total. The Morgan fingerprint density at radius 2 is 1.59 bits per heavy atom. The number of nitrogens with zero attached hydrogens (tertiary/aromatic N) is 4. The number of hydrogen-bond donors (Lipinski definition) is 2. The fourth-order valence-corrected chi connectivity index (χ4v) is 11.7. The molecule has 1 saturated carbocycles. The minimum atomic E-state index is -0.618. The van der Waals surface area contributed by atoms with Crippen LogP contribution < -0.4 is 24.6 Å². The molecule has 4 atom stereocenters. The Hall–Kier alpha value is -5.55. The Morgan fingerprint density at radius 1 is 0.797 bits per heavy atom. The third-order valence-corrected chi connectivity index (χ3v) is 14.7. The van der Waals surface area contributed by atoms with Gasteiger partial charge in [-0.25, -0.2) is 0 Å². The van der Waals surface area contributed by atoms with E-state index in [-0.39, 0.29) is 47.8 Å². The number of rotatable bonds is 6. The molecule has 4 aromatic rings. The van der Waals surface area contributed by atoms with Crippen molar-refractivity contribution in [1.29, 1.82) is 0 Å². The van der Waals surface area contributed by atoms with Gasteiger partial charge < -0.3 is 29.3 Å². The molecule has 0 aromatic heterocycles. The molecule has 0 bridgehead atoms. The van der Waals surface area contributed by atoms with Gasteiger partial charge in [0, 0.05) is 87.0 Å². The maximum absolute atomic E-state index is 13.4. The van der Waals surface area contributed by atoms with Crippen LogP contribution in [0.3, 0.4) is 0 Å². The van der Waals surface area contributed by atoms with E-state index in [1.807, 2.05) is 12.1 Å². The number of piperazine rings is 1. The summed E-state index contributed by atoms with van der Waals surface area (Å²) in [5, 5.41) is 12.6. The second-order valence-electron chi connectivity index (χ2n) is 18.2. The Balaban J connectivity index is 0.687. The number of carbonyl (C=O) groups is 3. The minimum Gasteiger partial charge on any atom is -0.508 e. The summed E-state index contributed by atoms with van der Waals surface area (Å²) in [6.07, 6.45) is 5.72. The molecule has 6 heterocycles. The first-order valence-electron chi connectivity index (χ1n) is 21.6. The summed E-state index contributed by atoms with van der Waals surface area (Å²) in [4.78, 5) is 47.0. The zero-order chi connectivity index (χ0) is 39.8. The molecule has 3 unspecified atom stereocenters. The van der Waals surface area contributed by atoms with Crippen LogP contribution in [0.4, 0.5) is 11.4 Å². The van der Waals surface area contributed by atoms with E-state index in [0.29, 0.717) is 37.2 Å². The average molecular weight is 794 g/mol. The van der Waals surface area contributed by atoms with Gasteiger partial charge in [-0.3, -0.25) is 24.6 Å². The van der Waals surface area contributed by atoms with Gasteiger partial charge in [-0.2, -0.15) is 0 Å². The number of aromatic hydroxyl groups is 1. The molecule has 3 amide bonds. The Kier molecular flexibility index (Phi) is 8.87. The van der Waals surface area contributed by atoms with E-state index in [2.05, 4.69) is 80.7 Å². The molecule has 11 heteroatoms. The van der Waals surface area contributed by atoms with Crippen LogP contribution >= 0.6 is 0 Å². The average Bonchev–Trinajstić information content (AvgIpc) is 3.56. The summed E-state index contributed by atoms with van der Waals surface area (Å²) in [5.74, 6) is 1.99. The summed E-state index contributed by atoms with van der Waals surface area (Å²) in [6, 6.07) is 29.0. The smallest absolute Gasteiger partial charge is 0.255 e. The molecular weight excluding hydrogens is 743 g/mol. The first kappa shape index (κ1) is 36.5. The third-order valence-electron chi connectivity index (χ3n) is 14.7. The van der Waals surface area contributed by atoms with Gasteiger partial charge in [-0.1, -0.05) is 48.5 Å². The van der Waals surface area contributed by atoms with Crippen molar-refractivity contribution >= 4 is 29.1 Å². The zero-order valence-corrected chi connectivity index (χ0v) is 33.4. The lowest BCUT2D eigenvalue weighted by Gasteiger charge is -2.54. The highest BCUT2D eigenvalue weighted by molar-refractivity contribution is 6.06. The summed E-state index contributed by atoms with van der Waals surface area (Å²) in [6.45, 7) is 7.78. The van der Waals surface area contributed by atoms with Crippen LogP contribution in [0.25, 0.3) is 0 Å². The third kappa shape index (κ3) is 6.49. The number of carbonyl (C=O) groups excluding carboxylic acids is 3. The molecule has 4 fully saturated rings. The highest BCUT2D eigenvalue weighted by atomic mass is 16.5. The normalized spacial score (nSPS) is 26.2.